The molecule has 0 aliphatic heterocycles. The number of rotatable bonds is 1. The molecule has 2 unspecified atom stereocenters. The Hall–Kier alpha value is -0.820. The summed E-state index contributed by atoms with van der Waals surface area (Å²) >= 11 is 0. The lowest BCUT2D eigenvalue weighted by molar-refractivity contribution is 0.677. The fraction of sp³-hybridized carbons (Fsp3) is 0.538. The van der Waals surface area contributed by atoms with Crippen molar-refractivity contribution in [2.75, 3.05) is 0 Å². The maximum atomic E-state index is 5.93. The number of fused-ring (bicyclic) bond motifs is 1. The molecule has 2 aliphatic carbocycles. The Morgan fingerprint density at radius 3 is 2.71 bits per heavy atom. The van der Waals surface area contributed by atoms with Gasteiger partial charge in [-0.15, -0.1) is 0 Å². The summed E-state index contributed by atoms with van der Waals surface area (Å²) in [6.07, 6.45) is 6.51. The van der Waals surface area contributed by atoms with Gasteiger partial charge in [0.15, 0.2) is 0 Å². The highest BCUT2D eigenvalue weighted by molar-refractivity contribution is 5.42. The highest BCUT2D eigenvalue weighted by Gasteiger charge is 2.36. The van der Waals surface area contributed by atoms with E-state index in [1.165, 1.54) is 32.1 Å². The van der Waals surface area contributed by atoms with Crippen molar-refractivity contribution in [3.8, 4) is 0 Å². The van der Waals surface area contributed by atoms with E-state index in [9.17, 15) is 0 Å². The van der Waals surface area contributed by atoms with Crippen LogP contribution in [0.5, 0.6) is 0 Å². The van der Waals surface area contributed by atoms with Gasteiger partial charge in [0.2, 0.25) is 0 Å². The number of aryl methyl sites for hydroxylation is 1. The zero-order chi connectivity index (χ0) is 9.54. The van der Waals surface area contributed by atoms with Crippen LogP contribution in [0.1, 0.15) is 41.9 Å². The Morgan fingerprint density at radius 2 is 1.93 bits per heavy atom. The van der Waals surface area contributed by atoms with Crippen LogP contribution in [0.3, 0.4) is 0 Å². The molecule has 2 atom stereocenters. The van der Waals surface area contributed by atoms with E-state index in [2.05, 4.69) is 18.2 Å². The zero-order valence-electron chi connectivity index (χ0n) is 8.50. The number of benzene rings is 1. The van der Waals surface area contributed by atoms with Gasteiger partial charge in [0, 0.05) is 12.0 Å². The molecule has 1 aromatic rings. The molecule has 1 nitrogen and oxygen atoms in total. The smallest absolute Gasteiger partial charge is 0.0115 e. The van der Waals surface area contributed by atoms with Gasteiger partial charge >= 0.3 is 0 Å². The summed E-state index contributed by atoms with van der Waals surface area (Å²) in [5.74, 6) is 0.683. The van der Waals surface area contributed by atoms with Crippen LogP contribution in [0.4, 0.5) is 0 Å². The van der Waals surface area contributed by atoms with Crippen LogP contribution in [0.25, 0.3) is 0 Å². The first-order valence-electron chi connectivity index (χ1n) is 5.72. The molecular weight excluding hydrogens is 170 g/mol. The molecule has 14 heavy (non-hydrogen) atoms. The third kappa shape index (κ3) is 1.27. The molecule has 0 heterocycles. The van der Waals surface area contributed by atoms with Crippen LogP contribution in [-0.2, 0) is 12.8 Å². The summed E-state index contributed by atoms with van der Waals surface area (Å²) in [4.78, 5) is 0. The summed E-state index contributed by atoms with van der Waals surface area (Å²) in [6.45, 7) is 0. The second-order valence-electron chi connectivity index (χ2n) is 4.70. The molecule has 0 aromatic heterocycles. The predicted octanol–water partition coefficient (Wildman–Crippen LogP) is 2.38. The fourth-order valence-corrected chi connectivity index (χ4v) is 2.73. The van der Waals surface area contributed by atoms with E-state index in [4.69, 9.17) is 5.73 Å². The quantitative estimate of drug-likeness (QED) is 0.717. The number of hydrogen-bond acceptors (Lipinski definition) is 1. The van der Waals surface area contributed by atoms with Gasteiger partial charge in [-0.2, -0.15) is 0 Å². The van der Waals surface area contributed by atoms with Crippen molar-refractivity contribution in [2.24, 2.45) is 5.73 Å². The van der Waals surface area contributed by atoms with Gasteiger partial charge in [-0.05, 0) is 48.8 Å². The van der Waals surface area contributed by atoms with Crippen molar-refractivity contribution < 1.29 is 0 Å². The first-order valence-corrected chi connectivity index (χ1v) is 5.72. The molecule has 74 valence electrons. The molecule has 1 heteroatoms. The Bertz CT molecular complexity index is 356. The standard InChI is InChI=1S/C13H17N/c14-13-8-12(13)11-7-3-5-9-4-1-2-6-10(9)11/h3,5,7,12-13H,1-2,4,6,8,14H2. The van der Waals surface area contributed by atoms with Crippen LogP contribution >= 0.6 is 0 Å². The molecule has 2 N–H and O–H groups in total. The molecular formula is C13H17N. The highest BCUT2D eigenvalue weighted by atomic mass is 14.7. The molecule has 0 saturated heterocycles. The van der Waals surface area contributed by atoms with E-state index in [-0.39, 0.29) is 0 Å². The zero-order valence-corrected chi connectivity index (χ0v) is 8.50. The van der Waals surface area contributed by atoms with E-state index in [1.807, 2.05) is 0 Å². The minimum Gasteiger partial charge on any atom is -0.327 e. The summed E-state index contributed by atoms with van der Waals surface area (Å²) in [5, 5.41) is 0. The normalized spacial score (nSPS) is 29.8. The lowest BCUT2D eigenvalue weighted by Gasteiger charge is -2.19. The van der Waals surface area contributed by atoms with Gasteiger partial charge in [-0.1, -0.05) is 18.2 Å². The van der Waals surface area contributed by atoms with Gasteiger partial charge in [-0.3, -0.25) is 0 Å². The molecule has 1 fully saturated rings. The second kappa shape index (κ2) is 3.09. The first kappa shape index (κ1) is 8.49. The Morgan fingerprint density at radius 1 is 1.14 bits per heavy atom. The van der Waals surface area contributed by atoms with Gasteiger partial charge < -0.3 is 5.73 Å². The first-order chi connectivity index (χ1) is 6.86. The van der Waals surface area contributed by atoms with Crippen molar-refractivity contribution in [1.82, 2.24) is 0 Å². The maximum Gasteiger partial charge on any atom is 0.0115 e. The average molecular weight is 187 g/mol. The molecule has 1 saturated carbocycles. The maximum absolute atomic E-state index is 5.93. The van der Waals surface area contributed by atoms with Crippen molar-refractivity contribution >= 4 is 0 Å². The van der Waals surface area contributed by atoms with Gasteiger partial charge in [0.25, 0.3) is 0 Å². The number of hydrogen-bond donors (Lipinski definition) is 1. The molecule has 0 bridgehead atoms. The van der Waals surface area contributed by atoms with Crippen LogP contribution in [0.2, 0.25) is 0 Å². The monoisotopic (exact) mass is 187 g/mol. The van der Waals surface area contributed by atoms with Crippen LogP contribution < -0.4 is 5.73 Å². The largest absolute Gasteiger partial charge is 0.327 e. The van der Waals surface area contributed by atoms with E-state index >= 15 is 0 Å². The fourth-order valence-electron chi connectivity index (χ4n) is 2.73. The molecule has 0 spiro atoms. The molecule has 3 rings (SSSR count). The number of nitrogens with two attached hydrogens (primary N) is 1. The average Bonchev–Trinajstić information content (AvgIpc) is 2.95. The summed E-state index contributed by atoms with van der Waals surface area (Å²) in [5.41, 5.74) is 10.7. The van der Waals surface area contributed by atoms with Crippen molar-refractivity contribution in [3.63, 3.8) is 0 Å². The Labute approximate surface area is 85.3 Å². The molecule has 0 radical (unpaired) electrons. The van der Waals surface area contributed by atoms with E-state index in [0.717, 1.165) is 0 Å². The van der Waals surface area contributed by atoms with Gasteiger partial charge in [-0.25, -0.2) is 0 Å². The van der Waals surface area contributed by atoms with Crippen molar-refractivity contribution in [2.45, 2.75) is 44.1 Å². The summed E-state index contributed by atoms with van der Waals surface area (Å²) < 4.78 is 0. The highest BCUT2D eigenvalue weighted by Crippen LogP contribution is 2.42. The van der Waals surface area contributed by atoms with E-state index in [1.54, 1.807) is 16.7 Å². The minimum atomic E-state index is 0.448. The third-order valence-corrected chi connectivity index (χ3v) is 3.67. The lowest BCUT2D eigenvalue weighted by atomic mass is 9.87. The minimum absolute atomic E-state index is 0.448. The lowest BCUT2D eigenvalue weighted by Crippen LogP contribution is -2.08. The SMILES string of the molecule is NC1CC1c1cccc2c1CCCC2. The van der Waals surface area contributed by atoms with E-state index in [0.29, 0.717) is 12.0 Å². The molecule has 0 amide bonds. The predicted molar refractivity (Wildman–Crippen MR) is 58.4 cm³/mol. The third-order valence-electron chi connectivity index (χ3n) is 3.67. The van der Waals surface area contributed by atoms with Gasteiger partial charge in [0.1, 0.15) is 0 Å². The summed E-state index contributed by atoms with van der Waals surface area (Å²) in [7, 11) is 0. The van der Waals surface area contributed by atoms with Crippen molar-refractivity contribution in [3.05, 3.63) is 34.9 Å². The molecule has 2 aliphatic rings. The van der Waals surface area contributed by atoms with Crippen LogP contribution in [0, 0.1) is 0 Å². The van der Waals surface area contributed by atoms with Gasteiger partial charge in [0.05, 0.1) is 0 Å². The Balaban J connectivity index is 2.02. The van der Waals surface area contributed by atoms with E-state index < -0.39 is 0 Å². The Kier molecular flexibility index (Phi) is 1.88. The summed E-state index contributed by atoms with van der Waals surface area (Å²) in [6, 6.07) is 7.25. The van der Waals surface area contributed by atoms with Crippen LogP contribution in [0.15, 0.2) is 18.2 Å². The van der Waals surface area contributed by atoms with Crippen LogP contribution in [-0.4, -0.2) is 6.04 Å². The van der Waals surface area contributed by atoms with Crippen molar-refractivity contribution in [1.29, 1.82) is 0 Å². The molecule has 1 aromatic carbocycles. The second-order valence-corrected chi connectivity index (χ2v) is 4.70. The topological polar surface area (TPSA) is 26.0 Å².